The van der Waals surface area contributed by atoms with Gasteiger partial charge in [0, 0.05) is 43.2 Å². The van der Waals surface area contributed by atoms with Crippen LogP contribution < -0.4 is 9.80 Å². The zero-order valence-electron chi connectivity index (χ0n) is 18.0. The highest BCUT2D eigenvalue weighted by atomic mass is 35.5. The van der Waals surface area contributed by atoms with E-state index in [2.05, 4.69) is 48.9 Å². The van der Waals surface area contributed by atoms with Crippen LogP contribution in [0, 0.1) is 0 Å². The molecule has 7 heteroatoms. The summed E-state index contributed by atoms with van der Waals surface area (Å²) in [7, 11) is 2.17. The Morgan fingerprint density at radius 3 is 2.42 bits per heavy atom. The van der Waals surface area contributed by atoms with Gasteiger partial charge in [-0.25, -0.2) is 0 Å². The van der Waals surface area contributed by atoms with Crippen molar-refractivity contribution in [2.24, 2.45) is 0 Å². The molecule has 164 valence electrons. The third kappa shape index (κ3) is 4.61. The maximum atomic E-state index is 13.4. The van der Waals surface area contributed by atoms with Crippen molar-refractivity contribution >= 4 is 58.3 Å². The fourth-order valence-electron chi connectivity index (χ4n) is 4.63. The van der Waals surface area contributed by atoms with Gasteiger partial charge in [0.25, 0.3) is 5.91 Å². The lowest BCUT2D eigenvalue weighted by atomic mass is 10.0. The summed E-state index contributed by atoms with van der Waals surface area (Å²) in [5, 5.41) is 0.878. The molecule has 2 aromatic carbocycles. The number of carbonyl (C=O) groups is 1. The lowest BCUT2D eigenvalue weighted by molar-refractivity contribution is -0.114. The molecule has 2 unspecified atom stereocenters. The highest BCUT2D eigenvalue weighted by Crippen LogP contribution is 2.38. The van der Waals surface area contributed by atoms with Crippen molar-refractivity contribution in [1.29, 1.82) is 0 Å². The minimum Gasteiger partial charge on any atom is -0.363 e. The Labute approximate surface area is 198 Å². The van der Waals surface area contributed by atoms with E-state index in [1.54, 1.807) is 22.7 Å². The Kier molecular flexibility index (Phi) is 6.87. The molecule has 0 bridgehead atoms. The van der Waals surface area contributed by atoms with Crippen LogP contribution in [0.1, 0.15) is 19.4 Å². The maximum Gasteiger partial charge on any atom is 0.264 e. The minimum absolute atomic E-state index is 0.0327. The summed E-state index contributed by atoms with van der Waals surface area (Å²) in [5.41, 5.74) is 2.91. The van der Waals surface area contributed by atoms with Gasteiger partial charge < -0.3 is 14.7 Å². The third-order valence-electron chi connectivity index (χ3n) is 5.85. The molecule has 2 aliphatic heterocycles. The number of amides is 1. The average Bonchev–Trinajstić information content (AvgIpc) is 2.72. The summed E-state index contributed by atoms with van der Waals surface area (Å²) >= 11 is 14.2. The summed E-state index contributed by atoms with van der Waals surface area (Å²) in [5.74, 6) is 0.777. The van der Waals surface area contributed by atoms with Gasteiger partial charge in [0.15, 0.2) is 0 Å². The third-order valence-corrected chi connectivity index (χ3v) is 7.65. The zero-order valence-corrected chi connectivity index (χ0v) is 20.3. The standard InChI is InChI=1S/C24H27Cl2N3OS/c1-16-14-27(3)15-17(2)29(16)20-9-5-4-7-18(20)13-22-24(30)28(11-12-31-22)21-10-6-8-19(25)23(21)26/h4-10,13,16-17H,11-12,14-15H2,1-3H3. The zero-order chi connectivity index (χ0) is 22.1. The number of para-hydroxylation sites is 1. The molecule has 2 saturated heterocycles. The first-order chi connectivity index (χ1) is 14.9. The van der Waals surface area contributed by atoms with Crippen LogP contribution in [0.5, 0.6) is 0 Å². The first-order valence-corrected chi connectivity index (χ1v) is 12.3. The number of hydrogen-bond acceptors (Lipinski definition) is 4. The van der Waals surface area contributed by atoms with E-state index in [0.717, 1.165) is 29.3 Å². The van der Waals surface area contributed by atoms with E-state index < -0.39 is 0 Å². The summed E-state index contributed by atoms with van der Waals surface area (Å²) in [4.78, 5) is 20.7. The number of anilines is 2. The van der Waals surface area contributed by atoms with Crippen LogP contribution in [0.2, 0.25) is 10.0 Å². The second kappa shape index (κ2) is 9.45. The molecule has 2 aliphatic rings. The van der Waals surface area contributed by atoms with Crippen molar-refractivity contribution in [2.45, 2.75) is 25.9 Å². The molecule has 2 heterocycles. The maximum absolute atomic E-state index is 13.4. The van der Waals surface area contributed by atoms with Crippen LogP contribution in [-0.2, 0) is 4.79 Å². The molecule has 0 radical (unpaired) electrons. The van der Waals surface area contributed by atoms with Crippen LogP contribution in [-0.4, -0.2) is 55.3 Å². The van der Waals surface area contributed by atoms with Crippen molar-refractivity contribution in [3.05, 3.63) is 63.0 Å². The van der Waals surface area contributed by atoms with Gasteiger partial charge in [-0.05, 0) is 50.7 Å². The second-order valence-electron chi connectivity index (χ2n) is 8.27. The predicted molar refractivity (Wildman–Crippen MR) is 135 cm³/mol. The van der Waals surface area contributed by atoms with Crippen LogP contribution in [0.15, 0.2) is 47.4 Å². The molecule has 4 nitrogen and oxygen atoms in total. The van der Waals surface area contributed by atoms with Crippen LogP contribution in [0.4, 0.5) is 11.4 Å². The molecule has 31 heavy (non-hydrogen) atoms. The lowest BCUT2D eigenvalue weighted by Crippen LogP contribution is -2.55. The summed E-state index contributed by atoms with van der Waals surface area (Å²) in [6.07, 6.45) is 2.03. The molecule has 2 aromatic rings. The van der Waals surface area contributed by atoms with Gasteiger partial charge in [-0.3, -0.25) is 4.79 Å². The molecule has 0 saturated carbocycles. The molecule has 4 rings (SSSR count). The number of rotatable bonds is 3. The largest absolute Gasteiger partial charge is 0.363 e. The molecule has 2 fully saturated rings. The van der Waals surface area contributed by atoms with Gasteiger partial charge in [0.2, 0.25) is 0 Å². The Hall–Kier alpha value is -1.66. The van der Waals surface area contributed by atoms with Crippen molar-refractivity contribution in [3.8, 4) is 0 Å². The number of carbonyl (C=O) groups excluding carboxylic acids is 1. The van der Waals surface area contributed by atoms with Gasteiger partial charge >= 0.3 is 0 Å². The Balaban J connectivity index is 1.68. The van der Waals surface area contributed by atoms with E-state index in [1.807, 2.05) is 24.3 Å². The SMILES string of the molecule is CC1CN(C)CC(C)N1c1ccccc1C=C1SCCN(c2cccc(Cl)c2Cl)C1=O. The van der Waals surface area contributed by atoms with Crippen LogP contribution in [0.25, 0.3) is 6.08 Å². The fourth-order valence-corrected chi connectivity index (χ4v) is 5.96. The van der Waals surface area contributed by atoms with Gasteiger partial charge in [-0.2, -0.15) is 0 Å². The number of halogens is 2. The van der Waals surface area contributed by atoms with E-state index in [1.165, 1.54) is 5.69 Å². The first kappa shape index (κ1) is 22.5. The Bertz CT molecular complexity index is 1000. The van der Waals surface area contributed by atoms with Crippen LogP contribution >= 0.6 is 35.0 Å². The van der Waals surface area contributed by atoms with Gasteiger partial charge in [0.05, 0.1) is 20.6 Å². The summed E-state index contributed by atoms with van der Waals surface area (Å²) in [6.45, 7) is 7.17. The van der Waals surface area contributed by atoms with Crippen LogP contribution in [0.3, 0.4) is 0 Å². The fraction of sp³-hybridized carbons (Fsp3) is 0.375. The first-order valence-electron chi connectivity index (χ1n) is 10.5. The number of thioether (sulfide) groups is 1. The predicted octanol–water partition coefficient (Wildman–Crippen LogP) is 5.64. The average molecular weight is 476 g/mol. The number of likely N-dealkylation sites (N-methyl/N-ethyl adjacent to an activating group) is 1. The second-order valence-corrected chi connectivity index (χ2v) is 10.2. The number of piperazine rings is 1. The van der Waals surface area contributed by atoms with Gasteiger partial charge in [0.1, 0.15) is 0 Å². The highest BCUT2D eigenvalue weighted by Gasteiger charge is 2.30. The molecule has 2 atom stereocenters. The van der Waals surface area contributed by atoms with Crippen molar-refractivity contribution in [3.63, 3.8) is 0 Å². The van der Waals surface area contributed by atoms with Crippen molar-refractivity contribution < 1.29 is 4.79 Å². The van der Waals surface area contributed by atoms with E-state index >= 15 is 0 Å². The van der Waals surface area contributed by atoms with E-state index in [-0.39, 0.29) is 5.91 Å². The van der Waals surface area contributed by atoms with E-state index in [9.17, 15) is 4.79 Å². The van der Waals surface area contributed by atoms with E-state index in [0.29, 0.717) is 34.4 Å². The molecular weight excluding hydrogens is 449 g/mol. The topological polar surface area (TPSA) is 26.8 Å². The molecule has 0 aliphatic carbocycles. The molecule has 0 aromatic heterocycles. The van der Waals surface area contributed by atoms with Gasteiger partial charge in [-0.15, -0.1) is 11.8 Å². The monoisotopic (exact) mass is 475 g/mol. The van der Waals surface area contributed by atoms with Gasteiger partial charge in [-0.1, -0.05) is 47.5 Å². The lowest BCUT2D eigenvalue weighted by Gasteiger charge is -2.45. The summed E-state index contributed by atoms with van der Waals surface area (Å²) < 4.78 is 0. The number of benzene rings is 2. The van der Waals surface area contributed by atoms with Crippen molar-refractivity contribution in [2.75, 3.05) is 42.2 Å². The number of hydrogen-bond donors (Lipinski definition) is 0. The summed E-state index contributed by atoms with van der Waals surface area (Å²) in [6, 6.07) is 14.6. The quantitative estimate of drug-likeness (QED) is 0.536. The smallest absolute Gasteiger partial charge is 0.264 e. The highest BCUT2D eigenvalue weighted by molar-refractivity contribution is 8.04. The molecule has 0 N–H and O–H groups in total. The normalized spacial score (nSPS) is 24.2. The Morgan fingerprint density at radius 2 is 1.68 bits per heavy atom. The molecule has 1 amide bonds. The van der Waals surface area contributed by atoms with Crippen molar-refractivity contribution in [1.82, 2.24) is 4.90 Å². The number of nitrogens with zero attached hydrogens (tertiary/aromatic N) is 3. The van der Waals surface area contributed by atoms with E-state index in [4.69, 9.17) is 23.2 Å². The Morgan fingerprint density at radius 1 is 1.00 bits per heavy atom. The minimum atomic E-state index is -0.0327. The molecular formula is C24H27Cl2N3OS. The molecule has 0 spiro atoms.